The quantitative estimate of drug-likeness (QED) is 0.0825. The molecule has 308 valence electrons. The van der Waals surface area contributed by atoms with E-state index in [0.29, 0.717) is 37.0 Å². The van der Waals surface area contributed by atoms with Gasteiger partial charge in [-0.25, -0.2) is 0 Å². The first kappa shape index (κ1) is 39.8. The van der Waals surface area contributed by atoms with Crippen LogP contribution in [0.3, 0.4) is 0 Å². The number of hydrogen-bond donors (Lipinski definition) is 4. The van der Waals surface area contributed by atoms with Gasteiger partial charge in [0.25, 0.3) is 0 Å². The van der Waals surface area contributed by atoms with Crippen molar-refractivity contribution in [1.82, 2.24) is 0 Å². The van der Waals surface area contributed by atoms with E-state index in [0.717, 1.165) is 105 Å². The molecule has 5 N–H and O–H groups in total. The van der Waals surface area contributed by atoms with E-state index in [1.54, 1.807) is 0 Å². The molecule has 1 spiro atoms. The van der Waals surface area contributed by atoms with Crippen LogP contribution in [0, 0.1) is 41.4 Å². The number of aliphatic hydroxyl groups is 1. The Labute approximate surface area is 349 Å². The largest absolute Gasteiger partial charge is 0.511 e. The van der Waals surface area contributed by atoms with Gasteiger partial charge in [0.1, 0.15) is 17.8 Å². The summed E-state index contributed by atoms with van der Waals surface area (Å²) in [7, 11) is 0. The number of carboxylic acid groups (broad SMARTS) is 1. The number of aliphatic hydroxyl groups excluding tert-OH is 1. The number of phenols is 1. The van der Waals surface area contributed by atoms with Gasteiger partial charge in [0, 0.05) is 27.9 Å². The van der Waals surface area contributed by atoms with E-state index in [-0.39, 0.29) is 34.8 Å². The first-order valence-corrected chi connectivity index (χ1v) is 22.6. The highest BCUT2D eigenvalue weighted by atomic mass is 16.4. The maximum atomic E-state index is 13.8. The molecule has 2 fully saturated rings. The number of allylic oxidation sites excluding steroid dienone is 4. The normalized spacial score (nSPS) is 31.8. The maximum Gasteiger partial charge on any atom is 0.307 e. The minimum absolute atomic E-state index is 0.0238. The molecular weight excluding hydrogens is 731 g/mol. The lowest BCUT2D eigenvalue weighted by Gasteiger charge is -2.54. The van der Waals surface area contributed by atoms with Gasteiger partial charge in [0.2, 0.25) is 0 Å². The van der Waals surface area contributed by atoms with E-state index in [2.05, 4.69) is 66.8 Å². The molecule has 0 heterocycles. The Morgan fingerprint density at radius 3 is 2.64 bits per heavy atom. The van der Waals surface area contributed by atoms with Crippen LogP contribution in [-0.4, -0.2) is 34.1 Å². The van der Waals surface area contributed by atoms with Gasteiger partial charge in [-0.2, -0.15) is 0 Å². The van der Waals surface area contributed by atoms with Gasteiger partial charge < -0.3 is 25.8 Å². The minimum Gasteiger partial charge on any atom is -0.511 e. The number of fused-ring (bicyclic) bond motifs is 6. The molecule has 9 atom stereocenters. The number of carbonyl (C=O) groups excluding carboxylic acids is 1. The Morgan fingerprint density at radius 1 is 0.983 bits per heavy atom. The molecular formula is C53H61NO5. The predicted molar refractivity (Wildman–Crippen MR) is 235 cm³/mol. The number of phenolic OH excluding ortho intramolecular Hbond substituents is 1. The lowest BCUT2D eigenvalue weighted by molar-refractivity contribution is -0.146. The molecule has 59 heavy (non-hydrogen) atoms. The zero-order valence-electron chi connectivity index (χ0n) is 34.4. The number of aliphatic carboxylic acids is 1. The van der Waals surface area contributed by atoms with Crippen LogP contribution in [0.15, 0.2) is 96.1 Å². The summed E-state index contributed by atoms with van der Waals surface area (Å²) in [6.07, 6.45) is 26.4. The van der Waals surface area contributed by atoms with E-state index in [4.69, 9.17) is 5.73 Å². The van der Waals surface area contributed by atoms with Gasteiger partial charge in [0.05, 0.1) is 5.92 Å². The van der Waals surface area contributed by atoms with Crippen LogP contribution in [0.2, 0.25) is 0 Å². The molecule has 2 saturated carbocycles. The molecule has 7 aliphatic carbocycles. The minimum atomic E-state index is -0.753. The van der Waals surface area contributed by atoms with E-state index < -0.39 is 17.3 Å². The van der Waals surface area contributed by atoms with Gasteiger partial charge in [-0.3, -0.25) is 4.79 Å². The number of aromatic hydroxyl groups is 1. The average Bonchev–Trinajstić information content (AvgIpc) is 3.70. The van der Waals surface area contributed by atoms with Gasteiger partial charge >= 0.3 is 5.97 Å². The molecule has 0 aliphatic heterocycles. The summed E-state index contributed by atoms with van der Waals surface area (Å²) in [6, 6.07) is 22.9. The summed E-state index contributed by atoms with van der Waals surface area (Å²) >= 11 is 0. The highest BCUT2D eigenvalue weighted by molar-refractivity contribution is 5.76. The number of carboxylic acids is 1. The van der Waals surface area contributed by atoms with Crippen LogP contribution in [0.25, 0.3) is 17.9 Å². The third-order valence-corrected chi connectivity index (χ3v) is 16.1. The first-order chi connectivity index (χ1) is 28.7. The molecule has 0 unspecified atom stereocenters. The molecule has 0 aromatic heterocycles. The van der Waals surface area contributed by atoms with E-state index in [9.17, 15) is 24.9 Å². The zero-order valence-corrected chi connectivity index (χ0v) is 34.4. The molecule has 3 aromatic carbocycles. The topological polar surface area (TPSA) is 121 Å². The first-order valence-electron chi connectivity index (χ1n) is 22.6. The van der Waals surface area contributed by atoms with Crippen LogP contribution in [0.4, 0.5) is 0 Å². The number of unbranched alkanes of at least 4 members (excludes halogenated alkanes) is 2. The number of nitrogens with two attached hydrogens (primary N) is 1. The van der Waals surface area contributed by atoms with E-state index >= 15 is 0 Å². The average molecular weight is 792 g/mol. The molecule has 10 rings (SSSR count). The fraction of sp³-hybridized carbons (Fsp3) is 0.472. The number of benzene rings is 3. The summed E-state index contributed by atoms with van der Waals surface area (Å²) in [6.45, 7) is 0.666. The molecule has 0 radical (unpaired) electrons. The highest BCUT2D eigenvalue weighted by Gasteiger charge is 2.57. The number of rotatable bonds is 12. The molecule has 7 aliphatic rings. The summed E-state index contributed by atoms with van der Waals surface area (Å²) in [5, 5.41) is 35.7. The van der Waals surface area contributed by atoms with Gasteiger partial charge in [0.15, 0.2) is 0 Å². The molecule has 0 saturated heterocycles. The van der Waals surface area contributed by atoms with Crippen LogP contribution in [-0.2, 0) is 26.8 Å². The van der Waals surface area contributed by atoms with E-state index in [1.807, 2.05) is 30.3 Å². The third kappa shape index (κ3) is 7.23. The van der Waals surface area contributed by atoms with Crippen molar-refractivity contribution in [3.05, 3.63) is 129 Å². The van der Waals surface area contributed by atoms with Crippen molar-refractivity contribution in [3.8, 4) is 5.75 Å². The fourth-order valence-corrected chi connectivity index (χ4v) is 13.1. The molecule has 0 amide bonds. The summed E-state index contributed by atoms with van der Waals surface area (Å²) in [5.74, 6) is 0.0464. The Hall–Kier alpha value is -4.68. The maximum absolute atomic E-state index is 13.8. The molecule has 3 aromatic rings. The second-order valence-corrected chi connectivity index (χ2v) is 19.1. The summed E-state index contributed by atoms with van der Waals surface area (Å²) in [5.41, 5.74) is 12.5. The van der Waals surface area contributed by atoms with Crippen LogP contribution in [0.1, 0.15) is 112 Å². The van der Waals surface area contributed by atoms with Crippen molar-refractivity contribution in [1.29, 1.82) is 0 Å². The van der Waals surface area contributed by atoms with Gasteiger partial charge in [-0.1, -0.05) is 115 Å². The second kappa shape index (κ2) is 16.4. The highest BCUT2D eigenvalue weighted by Crippen LogP contribution is 2.60. The monoisotopic (exact) mass is 791 g/mol. The van der Waals surface area contributed by atoms with Crippen molar-refractivity contribution < 1.29 is 24.9 Å². The zero-order chi connectivity index (χ0) is 40.7. The number of hydrogen-bond acceptors (Lipinski definition) is 5. The summed E-state index contributed by atoms with van der Waals surface area (Å²) < 4.78 is 0. The predicted octanol–water partition coefficient (Wildman–Crippen LogP) is 9.22. The lowest BCUT2D eigenvalue weighted by atomic mass is 9.48. The van der Waals surface area contributed by atoms with Gasteiger partial charge in [-0.15, -0.1) is 0 Å². The van der Waals surface area contributed by atoms with Crippen molar-refractivity contribution in [2.75, 3.05) is 6.54 Å². The van der Waals surface area contributed by atoms with Crippen LogP contribution >= 0.6 is 0 Å². The standard InChI is InChI=1S/C53H61NO5/c54-25-23-35-10-14-38(26-35)40(33-55)7-2-1-3-8-43-27-34-12-21-48(51(58)59)53-32-47-41(29-39-6-4-5-9-46(39)50(47)57)30-44(53)16-15-37-13-11-36(28-49(37)53)31-52(43,24-22-34)42-17-19-45(56)20-18-42/h4-6,9,11-13,15-20,26,28-29,33,38,40-41,43-44,47-48,56-57H,1-3,7-8,10,14,21-25,27,30-32,54H2,(H,58,59)/b34-12+/t38-,40+,41+,43-,44-,47-,48-,52-,53+/m0/s1. The van der Waals surface area contributed by atoms with Crippen LogP contribution < -0.4 is 16.2 Å². The fourth-order valence-electron chi connectivity index (χ4n) is 13.1. The van der Waals surface area contributed by atoms with Crippen LogP contribution in [0.5, 0.6) is 5.75 Å². The number of aldehydes is 1. The van der Waals surface area contributed by atoms with E-state index in [1.165, 1.54) is 28.6 Å². The number of carbonyl (C=O) groups is 2. The molecule has 4 bridgehead atoms. The molecule has 6 heteroatoms. The SMILES string of the molecule is NCCC1=C[C@@H]([C@@H](C=O)CCCCC[C@H]2C/C3=C/C[C@@H](C(=O)O)[C@@]45C[C@@H]6C(O)=c7ccccc7=C[C@@H]6C[C@@H]4C=Cc4ccc(cc45)C[C@]2(c2ccc(O)cc2)CC3)CC1. The Balaban J connectivity index is 1.06. The second-order valence-electron chi connectivity index (χ2n) is 19.1. The third-order valence-electron chi connectivity index (χ3n) is 16.1. The summed E-state index contributed by atoms with van der Waals surface area (Å²) in [4.78, 5) is 26.0. The Morgan fingerprint density at radius 2 is 1.83 bits per heavy atom. The smallest absolute Gasteiger partial charge is 0.307 e. The Bertz CT molecular complexity index is 2300. The molecule has 6 nitrogen and oxygen atoms in total. The Kier molecular flexibility index (Phi) is 11.1. The van der Waals surface area contributed by atoms with Crippen molar-refractivity contribution in [2.45, 2.75) is 107 Å². The van der Waals surface area contributed by atoms with Crippen molar-refractivity contribution >= 4 is 30.2 Å². The van der Waals surface area contributed by atoms with Crippen molar-refractivity contribution in [2.24, 2.45) is 47.2 Å². The van der Waals surface area contributed by atoms with Gasteiger partial charge in [-0.05, 0) is 147 Å². The lowest BCUT2D eigenvalue weighted by Crippen LogP contribution is -2.54. The van der Waals surface area contributed by atoms with Crippen molar-refractivity contribution in [3.63, 3.8) is 0 Å².